The number of hydrogen-bond acceptors (Lipinski definition) is 8. The number of nitrogens with zero attached hydrogens (tertiary/aromatic N) is 5. The van der Waals surface area contributed by atoms with Crippen molar-refractivity contribution in [1.82, 2.24) is 14.9 Å². The SMILES string of the molecule is Cc1cnc(Nc2ccc(N3CCN(CCO)CC3)c(Cl)c2)nc1Nc1cccc(C2(C#N)CC2)c1. The molecule has 0 unspecified atom stereocenters. The van der Waals surface area contributed by atoms with Gasteiger partial charge in [0.25, 0.3) is 0 Å². The predicted octanol–water partition coefficient (Wildman–Crippen LogP) is 4.60. The number of piperazine rings is 1. The van der Waals surface area contributed by atoms with Crippen molar-refractivity contribution in [3.63, 3.8) is 0 Å². The summed E-state index contributed by atoms with van der Waals surface area (Å²) in [5.41, 5.74) is 4.34. The number of β-amino-alcohol motifs (C(OH)–C–C–N with tert-alkyl or cyclic N) is 1. The first-order valence-corrected chi connectivity index (χ1v) is 12.6. The van der Waals surface area contributed by atoms with Gasteiger partial charge in [-0.05, 0) is 55.7 Å². The predicted molar refractivity (Wildman–Crippen MR) is 143 cm³/mol. The van der Waals surface area contributed by atoms with Crippen LogP contribution in [0.4, 0.5) is 28.8 Å². The Morgan fingerprint density at radius 3 is 2.56 bits per heavy atom. The van der Waals surface area contributed by atoms with Gasteiger partial charge in [0.2, 0.25) is 5.95 Å². The molecule has 1 aromatic heterocycles. The van der Waals surface area contributed by atoms with Crippen molar-refractivity contribution >= 4 is 40.4 Å². The Morgan fingerprint density at radius 2 is 1.86 bits per heavy atom. The summed E-state index contributed by atoms with van der Waals surface area (Å²) in [5.74, 6) is 1.17. The van der Waals surface area contributed by atoms with Crippen molar-refractivity contribution in [2.75, 3.05) is 54.9 Å². The van der Waals surface area contributed by atoms with Crippen molar-refractivity contribution in [3.05, 3.63) is 64.8 Å². The molecule has 0 bridgehead atoms. The van der Waals surface area contributed by atoms with Gasteiger partial charge in [-0.15, -0.1) is 0 Å². The molecule has 1 saturated carbocycles. The largest absolute Gasteiger partial charge is 0.395 e. The van der Waals surface area contributed by atoms with E-state index < -0.39 is 0 Å². The molecular weight excluding hydrogens is 474 g/mol. The van der Waals surface area contributed by atoms with Gasteiger partial charge in [0.15, 0.2) is 0 Å². The Kier molecular flexibility index (Phi) is 6.97. The van der Waals surface area contributed by atoms with Gasteiger partial charge in [-0.3, -0.25) is 4.90 Å². The van der Waals surface area contributed by atoms with Gasteiger partial charge in [-0.2, -0.15) is 10.2 Å². The van der Waals surface area contributed by atoms with Gasteiger partial charge in [0.1, 0.15) is 5.82 Å². The van der Waals surface area contributed by atoms with Crippen LogP contribution in [0.15, 0.2) is 48.7 Å². The monoisotopic (exact) mass is 503 g/mol. The van der Waals surface area contributed by atoms with Crippen molar-refractivity contribution in [1.29, 1.82) is 5.26 Å². The molecule has 0 spiro atoms. The van der Waals surface area contributed by atoms with E-state index >= 15 is 0 Å². The molecule has 2 heterocycles. The first-order valence-electron chi connectivity index (χ1n) is 12.3. The van der Waals surface area contributed by atoms with E-state index in [2.05, 4.69) is 36.5 Å². The van der Waals surface area contributed by atoms with Gasteiger partial charge in [-0.1, -0.05) is 23.7 Å². The molecule has 9 heteroatoms. The maximum absolute atomic E-state index is 9.53. The van der Waals surface area contributed by atoms with Crippen LogP contribution in [0.25, 0.3) is 0 Å². The minimum atomic E-state index is -0.330. The molecule has 2 aromatic carbocycles. The highest BCUT2D eigenvalue weighted by Gasteiger charge is 2.44. The number of aliphatic hydroxyl groups excluding tert-OH is 1. The summed E-state index contributed by atoms with van der Waals surface area (Å²) in [6, 6.07) is 16.4. The topological polar surface area (TPSA) is 100 Å². The van der Waals surface area contributed by atoms with Crippen LogP contribution in [-0.4, -0.2) is 59.3 Å². The quantitative estimate of drug-likeness (QED) is 0.410. The smallest absolute Gasteiger partial charge is 0.229 e. The fraction of sp³-hybridized carbons (Fsp3) is 0.370. The minimum absolute atomic E-state index is 0.188. The minimum Gasteiger partial charge on any atom is -0.395 e. The van der Waals surface area contributed by atoms with Gasteiger partial charge in [0.05, 0.1) is 28.8 Å². The fourth-order valence-corrected chi connectivity index (χ4v) is 4.87. The van der Waals surface area contributed by atoms with E-state index in [-0.39, 0.29) is 12.0 Å². The Balaban J connectivity index is 1.27. The van der Waals surface area contributed by atoms with E-state index in [9.17, 15) is 5.26 Å². The fourth-order valence-electron chi connectivity index (χ4n) is 4.57. The van der Waals surface area contributed by atoms with E-state index in [1.54, 1.807) is 6.20 Å². The lowest BCUT2D eigenvalue weighted by Gasteiger charge is -2.36. The number of nitriles is 1. The highest BCUT2D eigenvalue weighted by Crippen LogP contribution is 2.48. The number of halogens is 1. The van der Waals surface area contributed by atoms with E-state index in [1.165, 1.54) is 0 Å². The molecule has 1 aliphatic heterocycles. The second kappa shape index (κ2) is 10.3. The van der Waals surface area contributed by atoms with Crippen LogP contribution in [0, 0.1) is 18.3 Å². The highest BCUT2D eigenvalue weighted by atomic mass is 35.5. The summed E-state index contributed by atoms with van der Waals surface area (Å²) in [7, 11) is 0. The Hall–Kier alpha value is -3.38. The molecule has 2 aliphatic rings. The van der Waals surface area contributed by atoms with Crippen molar-refractivity contribution in [2.24, 2.45) is 0 Å². The van der Waals surface area contributed by atoms with Crippen LogP contribution >= 0.6 is 11.6 Å². The molecule has 36 heavy (non-hydrogen) atoms. The van der Waals surface area contributed by atoms with Crippen molar-refractivity contribution in [2.45, 2.75) is 25.2 Å². The summed E-state index contributed by atoms with van der Waals surface area (Å²) in [6.45, 7) is 6.42. The molecule has 2 fully saturated rings. The molecule has 3 N–H and O–H groups in total. The zero-order valence-corrected chi connectivity index (χ0v) is 21.1. The lowest BCUT2D eigenvalue weighted by molar-refractivity contribution is 0.189. The van der Waals surface area contributed by atoms with Gasteiger partial charge < -0.3 is 20.6 Å². The summed E-state index contributed by atoms with van der Waals surface area (Å²) in [6.07, 6.45) is 3.60. The van der Waals surface area contributed by atoms with Gasteiger partial charge >= 0.3 is 0 Å². The average Bonchev–Trinajstić information content (AvgIpc) is 3.69. The van der Waals surface area contributed by atoms with Crippen LogP contribution in [0.2, 0.25) is 5.02 Å². The number of anilines is 5. The lowest BCUT2D eigenvalue weighted by Crippen LogP contribution is -2.47. The molecule has 0 amide bonds. The maximum Gasteiger partial charge on any atom is 0.229 e. The molecule has 3 aromatic rings. The van der Waals surface area contributed by atoms with Crippen LogP contribution in [-0.2, 0) is 5.41 Å². The molecule has 5 rings (SSSR count). The van der Waals surface area contributed by atoms with Gasteiger partial charge in [0, 0.05) is 55.9 Å². The molecule has 1 saturated heterocycles. The van der Waals surface area contributed by atoms with Crippen LogP contribution < -0.4 is 15.5 Å². The molecule has 186 valence electrons. The van der Waals surface area contributed by atoms with E-state index in [1.807, 2.05) is 49.4 Å². The van der Waals surface area contributed by atoms with Gasteiger partial charge in [-0.25, -0.2) is 4.98 Å². The number of aromatic nitrogens is 2. The zero-order chi connectivity index (χ0) is 25.1. The van der Waals surface area contributed by atoms with E-state index in [4.69, 9.17) is 16.7 Å². The molecule has 0 radical (unpaired) electrons. The average molecular weight is 504 g/mol. The second-order valence-corrected chi connectivity index (χ2v) is 9.88. The highest BCUT2D eigenvalue weighted by molar-refractivity contribution is 6.33. The Labute approximate surface area is 216 Å². The first-order chi connectivity index (χ1) is 17.5. The summed E-state index contributed by atoms with van der Waals surface area (Å²) < 4.78 is 0. The molecule has 1 aliphatic carbocycles. The standard InChI is InChI=1S/C27H30ClN7O/c1-19-17-30-26(33-25(19)31-21-4-2-3-20(15-21)27(18-29)7-8-27)32-22-5-6-24(23(28)16-22)35-11-9-34(10-12-35)13-14-36/h2-6,15-17,36H,7-14H2,1H3,(H2,30,31,32,33). The molecular formula is C27H30ClN7O. The molecule has 0 atom stereocenters. The molecule has 8 nitrogen and oxygen atoms in total. The third kappa shape index (κ3) is 5.24. The van der Waals surface area contributed by atoms with Crippen molar-refractivity contribution in [3.8, 4) is 6.07 Å². The van der Waals surface area contributed by atoms with E-state index in [0.29, 0.717) is 23.3 Å². The number of aliphatic hydroxyl groups is 1. The lowest BCUT2D eigenvalue weighted by atomic mass is 9.97. The van der Waals surface area contributed by atoms with Crippen LogP contribution in [0.3, 0.4) is 0 Å². The summed E-state index contributed by atoms with van der Waals surface area (Å²) in [4.78, 5) is 13.6. The maximum atomic E-state index is 9.53. The third-order valence-electron chi connectivity index (χ3n) is 6.95. The van der Waals surface area contributed by atoms with E-state index in [0.717, 1.165) is 67.2 Å². The number of hydrogen-bond donors (Lipinski definition) is 3. The van der Waals surface area contributed by atoms with Crippen molar-refractivity contribution < 1.29 is 5.11 Å². The summed E-state index contributed by atoms with van der Waals surface area (Å²) in [5, 5.41) is 26.0. The zero-order valence-electron chi connectivity index (χ0n) is 20.3. The van der Waals surface area contributed by atoms with Crippen LogP contribution in [0.1, 0.15) is 24.0 Å². The second-order valence-electron chi connectivity index (χ2n) is 9.47. The first kappa shape index (κ1) is 24.3. The third-order valence-corrected chi connectivity index (χ3v) is 7.25. The normalized spacial score (nSPS) is 16.9. The van der Waals surface area contributed by atoms with Crippen LogP contribution in [0.5, 0.6) is 0 Å². The Bertz CT molecular complexity index is 1280. The number of aryl methyl sites for hydroxylation is 1. The number of benzene rings is 2. The summed E-state index contributed by atoms with van der Waals surface area (Å²) >= 11 is 6.65. The number of nitrogens with one attached hydrogen (secondary N) is 2. The Morgan fingerprint density at radius 1 is 1.08 bits per heavy atom. The number of rotatable bonds is 8.